The van der Waals surface area contributed by atoms with Gasteiger partial charge < -0.3 is 10.2 Å². The third kappa shape index (κ3) is 5.02. The van der Waals surface area contributed by atoms with Crippen molar-refractivity contribution in [3.05, 3.63) is 90.0 Å². The number of hydrogen-bond donors (Lipinski definition) is 1. The van der Waals surface area contributed by atoms with Crippen molar-refractivity contribution in [2.24, 2.45) is 0 Å². The van der Waals surface area contributed by atoms with Crippen molar-refractivity contribution in [3.8, 4) is 0 Å². The van der Waals surface area contributed by atoms with Gasteiger partial charge in [0.2, 0.25) is 5.91 Å². The summed E-state index contributed by atoms with van der Waals surface area (Å²) < 4.78 is 14.3. The Morgan fingerprint density at radius 2 is 1.83 bits per heavy atom. The number of carbonyl (C=O) groups excluding carboxylic acids is 2. The van der Waals surface area contributed by atoms with E-state index in [1.54, 1.807) is 18.3 Å². The van der Waals surface area contributed by atoms with Crippen LogP contribution < -0.4 is 15.1 Å². The highest BCUT2D eigenvalue weighted by Gasteiger charge is 2.45. The molecule has 2 amide bonds. The highest BCUT2D eigenvalue weighted by Crippen LogP contribution is 2.44. The van der Waals surface area contributed by atoms with Crippen molar-refractivity contribution in [1.82, 2.24) is 10.3 Å². The molecule has 186 valence electrons. The summed E-state index contributed by atoms with van der Waals surface area (Å²) in [6.45, 7) is 0.585. The number of hydrogen-bond acceptors (Lipinski definition) is 4. The molecule has 5 rings (SSSR count). The molecule has 1 N–H and O–H groups in total. The van der Waals surface area contributed by atoms with Gasteiger partial charge in [-0.1, -0.05) is 49.6 Å². The predicted molar refractivity (Wildman–Crippen MR) is 138 cm³/mol. The number of rotatable bonds is 8. The van der Waals surface area contributed by atoms with E-state index >= 15 is 0 Å². The van der Waals surface area contributed by atoms with Crippen LogP contribution in [0.25, 0.3) is 0 Å². The van der Waals surface area contributed by atoms with Crippen molar-refractivity contribution < 1.29 is 14.0 Å². The summed E-state index contributed by atoms with van der Waals surface area (Å²) in [6.07, 6.45) is 7.69. The minimum absolute atomic E-state index is 0.0265. The van der Waals surface area contributed by atoms with Gasteiger partial charge in [0.25, 0.3) is 5.91 Å². The van der Waals surface area contributed by atoms with E-state index < -0.39 is 11.9 Å². The molecule has 0 bridgehead atoms. The molecule has 7 heteroatoms. The van der Waals surface area contributed by atoms with Crippen LogP contribution in [0.3, 0.4) is 0 Å². The third-order valence-electron chi connectivity index (χ3n) is 7.08. The van der Waals surface area contributed by atoms with Crippen LogP contribution in [0.1, 0.15) is 49.4 Å². The maximum atomic E-state index is 14.3. The average molecular weight is 487 g/mol. The Labute approximate surface area is 211 Å². The fourth-order valence-corrected chi connectivity index (χ4v) is 5.39. The second-order valence-electron chi connectivity index (χ2n) is 9.45. The third-order valence-corrected chi connectivity index (χ3v) is 7.08. The lowest BCUT2D eigenvalue weighted by Crippen LogP contribution is -2.47. The second-order valence-corrected chi connectivity index (χ2v) is 9.45. The lowest BCUT2D eigenvalue weighted by Gasteiger charge is -2.33. The zero-order valence-corrected chi connectivity index (χ0v) is 20.3. The van der Waals surface area contributed by atoms with Crippen molar-refractivity contribution in [1.29, 1.82) is 0 Å². The second kappa shape index (κ2) is 11.0. The van der Waals surface area contributed by atoms with Crippen LogP contribution in [0, 0.1) is 5.82 Å². The summed E-state index contributed by atoms with van der Waals surface area (Å²) in [6, 6.07) is 18.7. The molecule has 3 aromatic rings. The average Bonchev–Trinajstić information content (AvgIpc) is 3.19. The zero-order valence-electron chi connectivity index (χ0n) is 20.3. The van der Waals surface area contributed by atoms with Crippen molar-refractivity contribution in [3.63, 3.8) is 0 Å². The molecule has 1 saturated carbocycles. The van der Waals surface area contributed by atoms with Gasteiger partial charge in [0, 0.05) is 47.8 Å². The minimum atomic E-state index is -0.824. The molecule has 0 radical (unpaired) electrons. The molecule has 0 saturated heterocycles. The number of aromatic nitrogens is 1. The number of nitrogens with one attached hydrogen (secondary N) is 1. The molecule has 1 aliphatic heterocycles. The Morgan fingerprint density at radius 1 is 1.03 bits per heavy atom. The van der Waals surface area contributed by atoms with Gasteiger partial charge in [-0.2, -0.15) is 0 Å². The zero-order chi connectivity index (χ0) is 24.9. The van der Waals surface area contributed by atoms with E-state index in [0.717, 1.165) is 42.6 Å². The van der Waals surface area contributed by atoms with E-state index in [2.05, 4.69) is 10.3 Å². The quantitative estimate of drug-likeness (QED) is 0.464. The van der Waals surface area contributed by atoms with Gasteiger partial charge in [-0.15, -0.1) is 0 Å². The molecule has 36 heavy (non-hydrogen) atoms. The minimum Gasteiger partial charge on any atom is -0.308 e. The molecule has 1 atom stereocenters. The first-order valence-electron chi connectivity index (χ1n) is 12.7. The van der Waals surface area contributed by atoms with Crippen molar-refractivity contribution in [2.75, 3.05) is 22.9 Å². The Hall–Kier alpha value is -3.58. The summed E-state index contributed by atoms with van der Waals surface area (Å²) in [7, 11) is 0. The Bertz CT molecular complexity index is 1210. The molecule has 1 unspecified atom stereocenters. The lowest BCUT2D eigenvalue weighted by molar-refractivity contribution is -0.124. The largest absolute Gasteiger partial charge is 0.308 e. The molecule has 1 fully saturated rings. The first kappa shape index (κ1) is 24.1. The number of pyridine rings is 1. The van der Waals surface area contributed by atoms with Crippen LogP contribution >= 0.6 is 0 Å². The monoisotopic (exact) mass is 486 g/mol. The summed E-state index contributed by atoms with van der Waals surface area (Å²) in [4.78, 5) is 35.3. The van der Waals surface area contributed by atoms with E-state index in [4.69, 9.17) is 0 Å². The van der Waals surface area contributed by atoms with Gasteiger partial charge in [0.15, 0.2) is 0 Å². The van der Waals surface area contributed by atoms with Crippen LogP contribution in [-0.4, -0.2) is 35.9 Å². The van der Waals surface area contributed by atoms with E-state index in [0.29, 0.717) is 18.7 Å². The van der Waals surface area contributed by atoms with E-state index in [9.17, 15) is 14.0 Å². The Kier molecular flexibility index (Phi) is 7.37. The summed E-state index contributed by atoms with van der Waals surface area (Å²) in [5.74, 6) is -0.842. The first-order valence-corrected chi connectivity index (χ1v) is 12.7. The fourth-order valence-electron chi connectivity index (χ4n) is 5.39. The van der Waals surface area contributed by atoms with Gasteiger partial charge in [-0.05, 0) is 49.2 Å². The Morgan fingerprint density at radius 3 is 2.61 bits per heavy atom. The molecular formula is C29H31FN4O2. The van der Waals surface area contributed by atoms with Crippen LogP contribution in [0.2, 0.25) is 0 Å². The van der Waals surface area contributed by atoms with Gasteiger partial charge in [-0.25, -0.2) is 4.39 Å². The molecule has 1 aromatic heterocycles. The molecule has 0 spiro atoms. The van der Waals surface area contributed by atoms with Crippen LogP contribution in [0.15, 0.2) is 72.9 Å². The fraction of sp³-hybridized carbons (Fsp3) is 0.345. The highest BCUT2D eigenvalue weighted by molar-refractivity contribution is 6.12. The lowest BCUT2D eigenvalue weighted by atomic mass is 9.94. The number of benzene rings is 2. The number of halogens is 1. The number of para-hydroxylation sites is 1. The first-order chi connectivity index (χ1) is 17.6. The van der Waals surface area contributed by atoms with Gasteiger partial charge in [0.05, 0.1) is 6.54 Å². The van der Waals surface area contributed by atoms with Gasteiger partial charge >= 0.3 is 0 Å². The van der Waals surface area contributed by atoms with Gasteiger partial charge in [0.1, 0.15) is 11.9 Å². The topological polar surface area (TPSA) is 65.5 Å². The van der Waals surface area contributed by atoms with Crippen LogP contribution in [0.5, 0.6) is 0 Å². The maximum absolute atomic E-state index is 14.3. The molecular weight excluding hydrogens is 455 g/mol. The molecule has 1 aliphatic carbocycles. The summed E-state index contributed by atoms with van der Waals surface area (Å²) in [5, 5.41) is 3.19. The number of amides is 2. The SMILES string of the molecule is O=C1C(N(C(=O)CNCCc2ccccn2)c2cccc(F)c2)c2ccccc2N1C1CCCCC1. The van der Waals surface area contributed by atoms with Gasteiger partial charge in [-0.3, -0.25) is 19.5 Å². The number of nitrogens with zero attached hydrogens (tertiary/aromatic N) is 3. The van der Waals surface area contributed by atoms with E-state index in [1.807, 2.05) is 47.4 Å². The summed E-state index contributed by atoms with van der Waals surface area (Å²) in [5.41, 5.74) is 2.96. The molecule has 2 heterocycles. The highest BCUT2D eigenvalue weighted by atomic mass is 19.1. The van der Waals surface area contributed by atoms with E-state index in [-0.39, 0.29) is 24.4 Å². The van der Waals surface area contributed by atoms with Crippen LogP contribution in [-0.2, 0) is 16.0 Å². The van der Waals surface area contributed by atoms with E-state index in [1.165, 1.54) is 23.5 Å². The molecule has 2 aliphatic rings. The number of carbonyl (C=O) groups is 2. The van der Waals surface area contributed by atoms with Crippen molar-refractivity contribution in [2.45, 2.75) is 50.6 Å². The predicted octanol–water partition coefficient (Wildman–Crippen LogP) is 4.81. The Balaban J connectivity index is 1.42. The molecule has 2 aromatic carbocycles. The number of fused-ring (bicyclic) bond motifs is 1. The normalized spacial score (nSPS) is 17.8. The smallest absolute Gasteiger partial charge is 0.255 e. The van der Waals surface area contributed by atoms with Crippen molar-refractivity contribution >= 4 is 23.2 Å². The summed E-state index contributed by atoms with van der Waals surface area (Å²) >= 11 is 0. The standard InChI is InChI=1S/C29H31FN4O2/c30-21-9-8-13-24(19-21)34(27(35)20-31-18-16-22-10-6-7-17-32-22)28-25-14-4-5-15-26(25)33(29(28)36)23-11-2-1-3-12-23/h4-10,13-15,17,19,23,28,31H,1-3,11-12,16,18,20H2. The molecule has 6 nitrogen and oxygen atoms in total. The van der Waals surface area contributed by atoms with Crippen LogP contribution in [0.4, 0.5) is 15.8 Å². The number of anilines is 2. The maximum Gasteiger partial charge on any atom is 0.255 e.